The molecule has 3 aromatic carbocycles. The van der Waals surface area contributed by atoms with Gasteiger partial charge in [0.25, 0.3) is 0 Å². The van der Waals surface area contributed by atoms with Gasteiger partial charge in [0.1, 0.15) is 18.1 Å². The molecule has 0 bridgehead atoms. The number of allylic oxidation sites excluding steroid dienone is 1. The largest absolute Gasteiger partial charge is 0.489 e. The van der Waals surface area contributed by atoms with Crippen LogP contribution in [0.2, 0.25) is 0 Å². The zero-order valence-electron chi connectivity index (χ0n) is 20.2. The summed E-state index contributed by atoms with van der Waals surface area (Å²) < 4.78 is 33.6. The van der Waals surface area contributed by atoms with Gasteiger partial charge in [-0.2, -0.15) is 8.42 Å². The lowest BCUT2D eigenvalue weighted by Gasteiger charge is -2.16. The van der Waals surface area contributed by atoms with E-state index in [4.69, 9.17) is 8.92 Å². The van der Waals surface area contributed by atoms with Crippen LogP contribution in [0.4, 0.5) is 0 Å². The summed E-state index contributed by atoms with van der Waals surface area (Å²) in [6.07, 6.45) is 4.02. The molecule has 4 nitrogen and oxygen atoms in total. The molecule has 0 aromatic heterocycles. The van der Waals surface area contributed by atoms with Crippen LogP contribution in [0.5, 0.6) is 11.5 Å². The predicted octanol–water partition coefficient (Wildman–Crippen LogP) is 6.88. The SMILES string of the molecule is CCc1cc(-c2cc(C)c(-c3ccc(OS(C)(=O)=O)cc3)cc2C)ccc1OCC=C(C)C. The molecule has 174 valence electrons. The van der Waals surface area contributed by atoms with Crippen LogP contribution in [-0.4, -0.2) is 21.3 Å². The highest BCUT2D eigenvalue weighted by atomic mass is 32.2. The molecule has 0 N–H and O–H groups in total. The molecule has 0 saturated carbocycles. The van der Waals surface area contributed by atoms with Crippen molar-refractivity contribution in [2.24, 2.45) is 0 Å². The third-order valence-corrected chi connectivity index (χ3v) is 5.96. The van der Waals surface area contributed by atoms with Gasteiger partial charge in [0, 0.05) is 0 Å². The molecular formula is C28H32O4S. The van der Waals surface area contributed by atoms with E-state index in [9.17, 15) is 8.42 Å². The van der Waals surface area contributed by atoms with Gasteiger partial charge < -0.3 is 8.92 Å². The van der Waals surface area contributed by atoms with Gasteiger partial charge in [0.05, 0.1) is 6.26 Å². The average molecular weight is 465 g/mol. The zero-order valence-corrected chi connectivity index (χ0v) is 21.0. The summed E-state index contributed by atoms with van der Waals surface area (Å²) in [6, 6.07) is 17.9. The Kier molecular flexibility index (Phi) is 7.65. The van der Waals surface area contributed by atoms with Crippen molar-refractivity contribution in [2.75, 3.05) is 12.9 Å². The first kappa shape index (κ1) is 24.6. The molecule has 5 heteroatoms. The summed E-state index contributed by atoms with van der Waals surface area (Å²) in [7, 11) is -3.54. The maximum atomic E-state index is 11.3. The normalized spacial score (nSPS) is 11.2. The molecule has 0 aliphatic carbocycles. The Morgan fingerprint density at radius 3 is 2.00 bits per heavy atom. The van der Waals surface area contributed by atoms with Crippen LogP contribution < -0.4 is 8.92 Å². The third kappa shape index (κ3) is 6.48. The Hall–Kier alpha value is -3.05. The van der Waals surface area contributed by atoms with E-state index in [0.29, 0.717) is 12.4 Å². The van der Waals surface area contributed by atoms with Gasteiger partial charge in [0.2, 0.25) is 0 Å². The van der Waals surface area contributed by atoms with Crippen LogP contribution in [0, 0.1) is 13.8 Å². The highest BCUT2D eigenvalue weighted by Crippen LogP contribution is 2.34. The van der Waals surface area contributed by atoms with Crippen molar-refractivity contribution in [1.29, 1.82) is 0 Å². The molecule has 3 aromatic rings. The molecule has 0 heterocycles. The molecule has 0 spiro atoms. The molecule has 0 fully saturated rings. The average Bonchev–Trinajstić information content (AvgIpc) is 2.74. The van der Waals surface area contributed by atoms with Gasteiger partial charge in [-0.25, -0.2) is 0 Å². The van der Waals surface area contributed by atoms with Crippen molar-refractivity contribution in [3.8, 4) is 33.8 Å². The van der Waals surface area contributed by atoms with Gasteiger partial charge in [-0.1, -0.05) is 42.8 Å². The van der Waals surface area contributed by atoms with Crippen molar-refractivity contribution in [3.05, 3.63) is 82.9 Å². The van der Waals surface area contributed by atoms with Gasteiger partial charge >= 0.3 is 10.1 Å². The van der Waals surface area contributed by atoms with E-state index in [1.54, 1.807) is 12.1 Å². The number of hydrogen-bond acceptors (Lipinski definition) is 4. The van der Waals surface area contributed by atoms with E-state index in [2.05, 4.69) is 71.0 Å². The summed E-state index contributed by atoms with van der Waals surface area (Å²) in [5, 5.41) is 0. The van der Waals surface area contributed by atoms with Crippen LogP contribution >= 0.6 is 0 Å². The Bertz CT molecular complexity index is 1270. The van der Waals surface area contributed by atoms with Gasteiger partial charge in [-0.05, 0) is 103 Å². The minimum Gasteiger partial charge on any atom is -0.489 e. The van der Waals surface area contributed by atoms with E-state index < -0.39 is 10.1 Å². The van der Waals surface area contributed by atoms with Crippen molar-refractivity contribution < 1.29 is 17.3 Å². The first-order valence-electron chi connectivity index (χ1n) is 11.1. The maximum absolute atomic E-state index is 11.3. The Balaban J connectivity index is 1.90. The summed E-state index contributed by atoms with van der Waals surface area (Å²) in [4.78, 5) is 0. The fourth-order valence-electron chi connectivity index (χ4n) is 3.77. The second kappa shape index (κ2) is 10.3. The third-order valence-electron chi connectivity index (χ3n) is 5.47. The Morgan fingerprint density at radius 1 is 0.879 bits per heavy atom. The molecule has 3 rings (SSSR count). The highest BCUT2D eigenvalue weighted by Gasteiger charge is 2.12. The number of hydrogen-bond donors (Lipinski definition) is 0. The number of ether oxygens (including phenoxy) is 1. The van der Waals surface area contributed by atoms with Crippen molar-refractivity contribution in [1.82, 2.24) is 0 Å². The number of benzene rings is 3. The molecule has 0 unspecified atom stereocenters. The quantitative estimate of drug-likeness (QED) is 0.269. The Morgan fingerprint density at radius 2 is 1.45 bits per heavy atom. The number of rotatable bonds is 8. The summed E-state index contributed by atoms with van der Waals surface area (Å²) in [5.74, 6) is 1.24. The fourth-order valence-corrected chi connectivity index (χ4v) is 4.23. The van der Waals surface area contributed by atoms with Crippen molar-refractivity contribution in [2.45, 2.75) is 41.0 Å². The highest BCUT2D eigenvalue weighted by molar-refractivity contribution is 7.86. The van der Waals surface area contributed by atoms with E-state index in [1.165, 1.54) is 27.8 Å². The fraction of sp³-hybridized carbons (Fsp3) is 0.286. The first-order chi connectivity index (χ1) is 15.6. The molecule has 0 amide bonds. The summed E-state index contributed by atoms with van der Waals surface area (Å²) in [6.45, 7) is 11.1. The van der Waals surface area contributed by atoms with E-state index in [1.807, 2.05) is 12.1 Å². The standard InChI is InChI=1S/C28H32O4S/c1-7-22-18-24(10-13-28(22)31-15-14-19(2)3)27-17-20(4)26(16-21(27)5)23-8-11-25(12-9-23)32-33(6,29)30/h8-14,16-18H,7,15H2,1-6H3. The topological polar surface area (TPSA) is 52.6 Å². The van der Waals surface area contributed by atoms with Gasteiger partial charge in [0.15, 0.2) is 0 Å². The monoisotopic (exact) mass is 464 g/mol. The molecule has 0 radical (unpaired) electrons. The molecular weight excluding hydrogens is 432 g/mol. The second-order valence-electron chi connectivity index (χ2n) is 8.56. The van der Waals surface area contributed by atoms with Crippen LogP contribution in [0.15, 0.2) is 66.2 Å². The molecule has 0 aliphatic rings. The zero-order chi connectivity index (χ0) is 24.2. The lowest BCUT2D eigenvalue weighted by Crippen LogP contribution is -2.05. The van der Waals surface area contributed by atoms with Crippen LogP contribution in [0.25, 0.3) is 22.3 Å². The van der Waals surface area contributed by atoms with E-state index >= 15 is 0 Å². The van der Waals surface area contributed by atoms with E-state index in [0.717, 1.165) is 35.1 Å². The lowest BCUT2D eigenvalue weighted by atomic mass is 9.91. The lowest BCUT2D eigenvalue weighted by molar-refractivity contribution is 0.358. The molecule has 0 aliphatic heterocycles. The van der Waals surface area contributed by atoms with E-state index in [-0.39, 0.29) is 0 Å². The minimum absolute atomic E-state index is 0.311. The minimum atomic E-state index is -3.54. The van der Waals surface area contributed by atoms with Crippen LogP contribution in [0.1, 0.15) is 37.5 Å². The first-order valence-corrected chi connectivity index (χ1v) is 12.9. The smallest absolute Gasteiger partial charge is 0.306 e. The second-order valence-corrected chi connectivity index (χ2v) is 10.1. The van der Waals surface area contributed by atoms with Crippen LogP contribution in [0.3, 0.4) is 0 Å². The van der Waals surface area contributed by atoms with Gasteiger partial charge in [-0.3, -0.25) is 0 Å². The molecule has 0 saturated heterocycles. The summed E-state index contributed by atoms with van der Waals surface area (Å²) in [5.41, 5.74) is 9.25. The maximum Gasteiger partial charge on any atom is 0.306 e. The predicted molar refractivity (Wildman–Crippen MR) is 137 cm³/mol. The van der Waals surface area contributed by atoms with Gasteiger partial charge in [-0.15, -0.1) is 0 Å². The van der Waals surface area contributed by atoms with Crippen molar-refractivity contribution in [3.63, 3.8) is 0 Å². The molecule has 0 atom stereocenters. The number of aryl methyl sites for hydroxylation is 3. The summed E-state index contributed by atoms with van der Waals surface area (Å²) >= 11 is 0. The van der Waals surface area contributed by atoms with Crippen molar-refractivity contribution >= 4 is 10.1 Å². The van der Waals surface area contributed by atoms with Crippen LogP contribution in [-0.2, 0) is 16.5 Å². The Labute approximate surface area is 198 Å². The molecule has 33 heavy (non-hydrogen) atoms.